The van der Waals surface area contributed by atoms with E-state index >= 15 is 0 Å². The molecule has 2 heterocycles. The second-order valence-electron chi connectivity index (χ2n) is 5.75. The molecule has 2 amide bonds. The summed E-state index contributed by atoms with van der Waals surface area (Å²) < 4.78 is 1.48. The molecule has 2 aromatic rings. The second kappa shape index (κ2) is 6.60. The standard InChI is InChI=1S/C16H18ClN5O2/c1-11(22-10-18-9-19-22)15(23)20(2)14-7-8-21(16(14)24)13-6-4-3-5-12(13)17/h3-6,9-11,14H,7-8H2,1-2H3/t11-,14+/m0/s1. The van der Waals surface area contributed by atoms with Gasteiger partial charge >= 0.3 is 0 Å². The van der Waals surface area contributed by atoms with Crippen LogP contribution in [0.4, 0.5) is 5.69 Å². The van der Waals surface area contributed by atoms with Crippen molar-refractivity contribution >= 4 is 29.1 Å². The molecule has 0 saturated carbocycles. The van der Waals surface area contributed by atoms with Crippen molar-refractivity contribution < 1.29 is 9.59 Å². The maximum atomic E-state index is 12.8. The zero-order chi connectivity index (χ0) is 17.3. The number of anilines is 1. The Bertz CT molecular complexity index is 749. The number of carbonyl (C=O) groups is 2. The first-order valence-corrected chi connectivity index (χ1v) is 8.05. The summed E-state index contributed by atoms with van der Waals surface area (Å²) in [6, 6.07) is 6.20. The van der Waals surface area contributed by atoms with Crippen LogP contribution >= 0.6 is 11.6 Å². The molecule has 8 heteroatoms. The van der Waals surface area contributed by atoms with Crippen LogP contribution in [0.15, 0.2) is 36.9 Å². The Morgan fingerprint density at radius 2 is 2.17 bits per heavy atom. The van der Waals surface area contributed by atoms with Crippen LogP contribution in [0, 0.1) is 0 Å². The summed E-state index contributed by atoms with van der Waals surface area (Å²) in [6.45, 7) is 2.27. The summed E-state index contributed by atoms with van der Waals surface area (Å²) in [6.07, 6.45) is 3.43. The molecule has 1 aromatic heterocycles. The van der Waals surface area contributed by atoms with Gasteiger partial charge in [0, 0.05) is 13.6 Å². The lowest BCUT2D eigenvalue weighted by Gasteiger charge is -2.26. The average molecular weight is 348 g/mol. The number of likely N-dealkylation sites (N-methyl/N-ethyl adjacent to an activating group) is 1. The van der Waals surface area contributed by atoms with Crippen LogP contribution in [0.5, 0.6) is 0 Å². The van der Waals surface area contributed by atoms with Gasteiger partial charge in [-0.1, -0.05) is 23.7 Å². The van der Waals surface area contributed by atoms with E-state index < -0.39 is 12.1 Å². The maximum absolute atomic E-state index is 12.8. The number of amides is 2. The molecule has 126 valence electrons. The van der Waals surface area contributed by atoms with Gasteiger partial charge in [0.05, 0.1) is 10.7 Å². The summed E-state index contributed by atoms with van der Waals surface area (Å²) in [5, 5.41) is 4.51. The number of para-hydroxylation sites is 1. The fourth-order valence-electron chi connectivity index (χ4n) is 2.91. The molecule has 0 spiro atoms. The predicted molar refractivity (Wildman–Crippen MR) is 89.7 cm³/mol. The molecule has 1 aliphatic rings. The minimum Gasteiger partial charge on any atom is -0.332 e. The molecule has 1 aliphatic heterocycles. The topological polar surface area (TPSA) is 71.3 Å². The highest BCUT2D eigenvalue weighted by atomic mass is 35.5. The largest absolute Gasteiger partial charge is 0.332 e. The average Bonchev–Trinajstić information content (AvgIpc) is 3.23. The van der Waals surface area contributed by atoms with Gasteiger partial charge in [-0.05, 0) is 25.5 Å². The van der Waals surface area contributed by atoms with Crippen molar-refractivity contribution in [3.8, 4) is 0 Å². The number of nitrogens with zero attached hydrogens (tertiary/aromatic N) is 5. The molecule has 0 radical (unpaired) electrons. The van der Waals surface area contributed by atoms with E-state index in [-0.39, 0.29) is 11.8 Å². The van der Waals surface area contributed by atoms with Crippen molar-refractivity contribution in [1.29, 1.82) is 0 Å². The van der Waals surface area contributed by atoms with E-state index in [1.807, 2.05) is 18.2 Å². The van der Waals surface area contributed by atoms with E-state index in [1.54, 1.807) is 24.9 Å². The third kappa shape index (κ3) is 2.87. The zero-order valence-corrected chi connectivity index (χ0v) is 14.2. The van der Waals surface area contributed by atoms with Crippen molar-refractivity contribution in [2.45, 2.75) is 25.4 Å². The van der Waals surface area contributed by atoms with Gasteiger partial charge in [-0.25, -0.2) is 9.67 Å². The van der Waals surface area contributed by atoms with Gasteiger partial charge in [0.1, 0.15) is 24.7 Å². The second-order valence-corrected chi connectivity index (χ2v) is 6.15. The quantitative estimate of drug-likeness (QED) is 0.844. The highest BCUT2D eigenvalue weighted by Crippen LogP contribution is 2.30. The highest BCUT2D eigenvalue weighted by molar-refractivity contribution is 6.34. The van der Waals surface area contributed by atoms with Gasteiger partial charge in [0.25, 0.3) is 0 Å². The fourth-order valence-corrected chi connectivity index (χ4v) is 3.15. The number of rotatable bonds is 4. The fraction of sp³-hybridized carbons (Fsp3) is 0.375. The first-order valence-electron chi connectivity index (χ1n) is 7.67. The molecule has 0 aliphatic carbocycles. The first kappa shape index (κ1) is 16.4. The minimum atomic E-state index is -0.514. The molecule has 0 bridgehead atoms. The summed E-state index contributed by atoms with van der Waals surface area (Å²) in [7, 11) is 1.65. The molecule has 0 N–H and O–H groups in total. The van der Waals surface area contributed by atoms with Crippen molar-refractivity contribution in [2.24, 2.45) is 0 Å². The van der Waals surface area contributed by atoms with Crippen LogP contribution in [0.1, 0.15) is 19.4 Å². The molecular weight excluding hydrogens is 330 g/mol. The Hall–Kier alpha value is -2.41. The lowest BCUT2D eigenvalue weighted by molar-refractivity contribution is -0.139. The molecule has 7 nitrogen and oxygen atoms in total. The highest BCUT2D eigenvalue weighted by Gasteiger charge is 2.39. The van der Waals surface area contributed by atoms with Gasteiger partial charge in [0.15, 0.2) is 0 Å². The minimum absolute atomic E-state index is 0.121. The van der Waals surface area contributed by atoms with Crippen molar-refractivity contribution in [3.05, 3.63) is 41.9 Å². The predicted octanol–water partition coefficient (Wildman–Crippen LogP) is 1.76. The van der Waals surface area contributed by atoms with Gasteiger partial charge in [-0.2, -0.15) is 5.10 Å². The van der Waals surface area contributed by atoms with Crippen molar-refractivity contribution in [3.63, 3.8) is 0 Å². The van der Waals surface area contributed by atoms with E-state index in [9.17, 15) is 9.59 Å². The Labute approximate surface area is 144 Å². The number of hydrogen-bond acceptors (Lipinski definition) is 4. The first-order chi connectivity index (χ1) is 11.5. The molecular formula is C16H18ClN5O2. The summed E-state index contributed by atoms with van der Waals surface area (Å²) in [5.74, 6) is -0.301. The molecule has 1 saturated heterocycles. The lowest BCUT2D eigenvalue weighted by atomic mass is 10.2. The van der Waals surface area contributed by atoms with Gasteiger partial charge < -0.3 is 9.80 Å². The van der Waals surface area contributed by atoms with Gasteiger partial charge in [-0.3, -0.25) is 9.59 Å². The Morgan fingerprint density at radius 3 is 2.83 bits per heavy atom. The third-order valence-electron chi connectivity index (χ3n) is 4.33. The molecule has 2 atom stereocenters. The van der Waals surface area contributed by atoms with Crippen LogP contribution in [0.25, 0.3) is 0 Å². The molecule has 0 unspecified atom stereocenters. The zero-order valence-electron chi connectivity index (χ0n) is 13.5. The normalized spacial score (nSPS) is 18.7. The number of benzene rings is 1. The Balaban J connectivity index is 1.75. The van der Waals surface area contributed by atoms with Gasteiger partial charge in [0.2, 0.25) is 11.8 Å². The maximum Gasteiger partial charge on any atom is 0.249 e. The van der Waals surface area contributed by atoms with Crippen molar-refractivity contribution in [2.75, 3.05) is 18.5 Å². The molecule has 1 aromatic carbocycles. The molecule has 1 fully saturated rings. The number of halogens is 1. The van der Waals surface area contributed by atoms with Crippen molar-refractivity contribution in [1.82, 2.24) is 19.7 Å². The van der Waals surface area contributed by atoms with E-state index in [1.165, 1.54) is 22.2 Å². The van der Waals surface area contributed by atoms with E-state index in [2.05, 4.69) is 10.1 Å². The van der Waals surface area contributed by atoms with E-state index in [0.29, 0.717) is 23.7 Å². The number of carbonyl (C=O) groups excluding carboxylic acids is 2. The molecule has 24 heavy (non-hydrogen) atoms. The summed E-state index contributed by atoms with van der Waals surface area (Å²) >= 11 is 6.18. The van der Waals surface area contributed by atoms with Gasteiger partial charge in [-0.15, -0.1) is 0 Å². The molecule has 3 rings (SSSR count). The SMILES string of the molecule is C[C@@H](C(=O)N(C)[C@@H]1CCN(c2ccccc2Cl)C1=O)n1cncn1. The Kier molecular flexibility index (Phi) is 4.53. The summed E-state index contributed by atoms with van der Waals surface area (Å²) in [4.78, 5) is 32.4. The van der Waals surface area contributed by atoms with Crippen LogP contribution in [0.2, 0.25) is 5.02 Å². The Morgan fingerprint density at radius 1 is 1.42 bits per heavy atom. The van der Waals surface area contributed by atoms with Crippen LogP contribution in [-0.4, -0.2) is 51.1 Å². The smallest absolute Gasteiger partial charge is 0.249 e. The third-order valence-corrected chi connectivity index (χ3v) is 4.65. The lowest BCUT2D eigenvalue weighted by Crippen LogP contribution is -2.45. The number of hydrogen-bond donors (Lipinski definition) is 0. The van der Waals surface area contributed by atoms with E-state index in [4.69, 9.17) is 11.6 Å². The number of aromatic nitrogens is 3. The van der Waals surface area contributed by atoms with Crippen LogP contribution in [-0.2, 0) is 9.59 Å². The van der Waals surface area contributed by atoms with E-state index in [0.717, 1.165) is 0 Å². The summed E-state index contributed by atoms with van der Waals surface area (Å²) in [5.41, 5.74) is 0.678. The monoisotopic (exact) mass is 347 g/mol. The van der Waals surface area contributed by atoms with Crippen LogP contribution in [0.3, 0.4) is 0 Å². The van der Waals surface area contributed by atoms with Crippen LogP contribution < -0.4 is 4.90 Å².